The zero-order valence-electron chi connectivity index (χ0n) is 14.4. The smallest absolute Gasteiger partial charge is 0.237 e. The van der Waals surface area contributed by atoms with Gasteiger partial charge in [-0.25, -0.2) is 8.78 Å². The normalized spacial score (nSPS) is 14.9. The van der Waals surface area contributed by atoms with Crippen molar-refractivity contribution in [3.63, 3.8) is 0 Å². The summed E-state index contributed by atoms with van der Waals surface area (Å²) >= 11 is 2.87. The van der Waals surface area contributed by atoms with Crippen molar-refractivity contribution in [2.24, 2.45) is 0 Å². The third-order valence-corrected chi connectivity index (χ3v) is 6.08. The summed E-state index contributed by atoms with van der Waals surface area (Å²) in [6.45, 7) is 1.72. The Hall–Kier alpha value is -2.26. The summed E-state index contributed by atoms with van der Waals surface area (Å²) in [6.07, 6.45) is 2.12. The fourth-order valence-electron chi connectivity index (χ4n) is 2.63. The number of nitrogens with zero attached hydrogens (tertiary/aromatic N) is 3. The molecule has 2 aromatic heterocycles. The van der Waals surface area contributed by atoms with Gasteiger partial charge in [0.05, 0.1) is 15.8 Å². The van der Waals surface area contributed by atoms with E-state index in [1.165, 1.54) is 17.8 Å². The van der Waals surface area contributed by atoms with E-state index >= 15 is 0 Å². The van der Waals surface area contributed by atoms with Crippen LogP contribution in [0.5, 0.6) is 0 Å². The maximum atomic E-state index is 13.8. The third kappa shape index (κ3) is 3.89. The number of thiophene rings is 1. The average molecular weight is 406 g/mol. The van der Waals surface area contributed by atoms with Crippen molar-refractivity contribution in [1.82, 2.24) is 14.8 Å². The number of hydrogen-bond acceptors (Lipinski definition) is 5. The maximum Gasteiger partial charge on any atom is 0.237 e. The minimum atomic E-state index is -0.804. The second-order valence-corrected chi connectivity index (χ2v) is 8.51. The monoisotopic (exact) mass is 406 g/mol. The molecule has 1 aromatic carbocycles. The molecular formula is C18H16F2N4OS2. The Balaban J connectivity index is 1.51. The second-order valence-electron chi connectivity index (χ2n) is 6.26. The number of aromatic nitrogens is 3. The molecule has 2 heterocycles. The molecule has 1 atom stereocenters. The lowest BCUT2D eigenvalue weighted by Crippen LogP contribution is -2.23. The Morgan fingerprint density at radius 1 is 1.33 bits per heavy atom. The number of hydrogen-bond donors (Lipinski definition) is 1. The molecule has 0 bridgehead atoms. The molecule has 1 saturated carbocycles. The lowest BCUT2D eigenvalue weighted by atomic mass is 10.3. The molecule has 1 aliphatic carbocycles. The number of carbonyl (C=O) groups is 1. The second kappa shape index (κ2) is 7.40. The van der Waals surface area contributed by atoms with Gasteiger partial charge in [-0.3, -0.25) is 9.36 Å². The highest BCUT2D eigenvalue weighted by Gasteiger charge is 2.31. The minimum Gasteiger partial charge on any atom is -0.323 e. The number of benzene rings is 1. The van der Waals surface area contributed by atoms with Gasteiger partial charge < -0.3 is 5.32 Å². The third-order valence-electron chi connectivity index (χ3n) is 4.16. The summed E-state index contributed by atoms with van der Waals surface area (Å²) < 4.78 is 28.8. The van der Waals surface area contributed by atoms with Gasteiger partial charge in [-0.05, 0) is 43.3 Å². The first kappa shape index (κ1) is 18.1. The van der Waals surface area contributed by atoms with Gasteiger partial charge in [0, 0.05) is 12.1 Å². The van der Waals surface area contributed by atoms with Crippen LogP contribution in [0.15, 0.2) is 40.9 Å². The number of rotatable bonds is 6. The Bertz CT molecular complexity index is 970. The van der Waals surface area contributed by atoms with Crippen molar-refractivity contribution in [2.45, 2.75) is 36.2 Å². The summed E-state index contributed by atoms with van der Waals surface area (Å²) in [5.74, 6) is -1.06. The summed E-state index contributed by atoms with van der Waals surface area (Å²) in [7, 11) is 0. The lowest BCUT2D eigenvalue weighted by molar-refractivity contribution is -0.115. The standard InChI is InChI=1S/C18H16F2N4OS2/c1-10(17(25)21-14-7-4-11(19)9-13(14)20)27-18-23-22-16(15-3-2-8-26-15)24(18)12-5-6-12/h2-4,7-10,12H,5-6H2,1H3,(H,21,25)/t10-/m0/s1. The van der Waals surface area contributed by atoms with E-state index in [2.05, 4.69) is 20.1 Å². The van der Waals surface area contributed by atoms with E-state index in [0.29, 0.717) is 11.2 Å². The Kier molecular flexibility index (Phi) is 4.96. The van der Waals surface area contributed by atoms with Crippen LogP contribution in [-0.4, -0.2) is 25.9 Å². The van der Waals surface area contributed by atoms with Crippen LogP contribution in [0, 0.1) is 11.6 Å². The molecule has 0 radical (unpaired) electrons. The van der Waals surface area contributed by atoms with Crippen LogP contribution in [0.1, 0.15) is 25.8 Å². The molecule has 140 valence electrons. The fraction of sp³-hybridized carbons (Fsp3) is 0.278. The lowest BCUT2D eigenvalue weighted by Gasteiger charge is -2.13. The molecule has 0 spiro atoms. The van der Waals surface area contributed by atoms with E-state index in [0.717, 1.165) is 35.7 Å². The van der Waals surface area contributed by atoms with Crippen LogP contribution in [0.3, 0.4) is 0 Å². The van der Waals surface area contributed by atoms with Gasteiger partial charge in [-0.1, -0.05) is 17.8 Å². The van der Waals surface area contributed by atoms with Crippen molar-refractivity contribution in [1.29, 1.82) is 0 Å². The zero-order chi connectivity index (χ0) is 19.0. The van der Waals surface area contributed by atoms with Crippen molar-refractivity contribution >= 4 is 34.7 Å². The molecule has 0 saturated heterocycles. The van der Waals surface area contributed by atoms with Crippen LogP contribution in [0.2, 0.25) is 0 Å². The molecule has 27 heavy (non-hydrogen) atoms. The number of carbonyl (C=O) groups excluding carboxylic acids is 1. The van der Waals surface area contributed by atoms with Crippen LogP contribution >= 0.6 is 23.1 Å². The Morgan fingerprint density at radius 2 is 2.15 bits per heavy atom. The van der Waals surface area contributed by atoms with Crippen molar-refractivity contribution in [2.75, 3.05) is 5.32 Å². The molecule has 1 amide bonds. The van der Waals surface area contributed by atoms with Crippen LogP contribution in [0.4, 0.5) is 14.5 Å². The number of thioether (sulfide) groups is 1. The quantitative estimate of drug-likeness (QED) is 0.601. The molecule has 9 heteroatoms. The van der Waals surface area contributed by atoms with Gasteiger partial charge in [0.1, 0.15) is 11.6 Å². The molecule has 1 N–H and O–H groups in total. The van der Waals surface area contributed by atoms with Gasteiger partial charge in [-0.2, -0.15) is 0 Å². The highest BCUT2D eigenvalue weighted by Crippen LogP contribution is 2.42. The molecule has 1 fully saturated rings. The fourth-order valence-corrected chi connectivity index (χ4v) is 4.25. The van der Waals surface area contributed by atoms with Crippen molar-refractivity contribution < 1.29 is 13.6 Å². The van der Waals surface area contributed by atoms with Gasteiger partial charge in [-0.15, -0.1) is 21.5 Å². The predicted molar refractivity (Wildman–Crippen MR) is 102 cm³/mol. The Morgan fingerprint density at radius 3 is 2.81 bits per heavy atom. The molecule has 3 aromatic rings. The number of amides is 1. The van der Waals surface area contributed by atoms with E-state index in [1.807, 2.05) is 17.5 Å². The number of halogens is 2. The summed E-state index contributed by atoms with van der Waals surface area (Å²) in [6, 6.07) is 7.37. The molecule has 0 unspecified atom stereocenters. The molecule has 1 aliphatic rings. The number of nitrogens with one attached hydrogen (secondary N) is 1. The highest BCUT2D eigenvalue weighted by molar-refractivity contribution is 8.00. The summed E-state index contributed by atoms with van der Waals surface area (Å²) in [5, 5.41) is 13.2. The minimum absolute atomic E-state index is 0.0446. The average Bonchev–Trinajstić information content (AvgIpc) is 3.16. The van der Waals surface area contributed by atoms with Crippen LogP contribution in [0.25, 0.3) is 10.7 Å². The maximum absolute atomic E-state index is 13.8. The SMILES string of the molecule is C[C@H](Sc1nnc(-c2cccs2)n1C1CC1)C(=O)Nc1ccc(F)cc1F. The van der Waals surface area contributed by atoms with E-state index in [9.17, 15) is 13.6 Å². The zero-order valence-corrected chi connectivity index (χ0v) is 16.0. The van der Waals surface area contributed by atoms with Crippen molar-refractivity contribution in [3.8, 4) is 10.7 Å². The van der Waals surface area contributed by atoms with Gasteiger partial charge >= 0.3 is 0 Å². The van der Waals surface area contributed by atoms with Crippen LogP contribution < -0.4 is 5.32 Å². The van der Waals surface area contributed by atoms with Gasteiger partial charge in [0.25, 0.3) is 0 Å². The van der Waals surface area contributed by atoms with E-state index in [4.69, 9.17) is 0 Å². The topological polar surface area (TPSA) is 59.8 Å². The predicted octanol–water partition coefficient (Wildman–Crippen LogP) is 4.74. The first-order valence-corrected chi connectivity index (χ1v) is 10.2. The largest absolute Gasteiger partial charge is 0.323 e. The van der Waals surface area contributed by atoms with Crippen LogP contribution in [-0.2, 0) is 4.79 Å². The van der Waals surface area contributed by atoms with Gasteiger partial charge in [0.15, 0.2) is 11.0 Å². The molecule has 5 nitrogen and oxygen atoms in total. The highest BCUT2D eigenvalue weighted by atomic mass is 32.2. The van der Waals surface area contributed by atoms with E-state index in [1.54, 1.807) is 18.3 Å². The Labute approximate surface area is 162 Å². The van der Waals surface area contributed by atoms with E-state index < -0.39 is 16.9 Å². The molecule has 4 rings (SSSR count). The molecule has 0 aliphatic heterocycles. The van der Waals surface area contributed by atoms with Crippen molar-refractivity contribution in [3.05, 3.63) is 47.3 Å². The first-order valence-electron chi connectivity index (χ1n) is 8.44. The first-order chi connectivity index (χ1) is 13.0. The molecular weight excluding hydrogens is 390 g/mol. The van der Waals surface area contributed by atoms with Gasteiger partial charge in [0.2, 0.25) is 5.91 Å². The summed E-state index contributed by atoms with van der Waals surface area (Å²) in [5.41, 5.74) is -0.0446. The summed E-state index contributed by atoms with van der Waals surface area (Å²) in [4.78, 5) is 13.5. The van der Waals surface area contributed by atoms with E-state index in [-0.39, 0.29) is 11.6 Å². The number of anilines is 1.